The van der Waals surface area contributed by atoms with E-state index in [1.165, 1.54) is 7.11 Å². The van der Waals surface area contributed by atoms with Gasteiger partial charge in [0, 0.05) is 0 Å². The molecule has 1 N–H and O–H groups in total. The van der Waals surface area contributed by atoms with Gasteiger partial charge in [-0.25, -0.2) is 0 Å². The van der Waals surface area contributed by atoms with Gasteiger partial charge in [0.25, 0.3) is 0 Å². The second-order valence-corrected chi connectivity index (χ2v) is 5.69. The normalized spacial score (nSPS) is 20.3. The monoisotopic (exact) mass is 231 g/mol. The molecule has 0 atom stereocenters. The molecular weight excluding hydrogens is 210 g/mol. The van der Waals surface area contributed by atoms with Crippen LogP contribution in [0.3, 0.4) is 0 Å². The number of carbonyl (C=O) groups is 1. The highest BCUT2D eigenvalue weighted by atomic mass is 32.2. The molecule has 0 aliphatic carbocycles. The van der Waals surface area contributed by atoms with Crippen LogP contribution in [0, 0.1) is 5.92 Å². The zero-order chi connectivity index (χ0) is 11.3. The standard InChI is InChI=1S/C11H21NO2S/c1-9(2)8-12-11(10(13)14-3)4-6-15-7-5-11/h9,12H,4-8H2,1-3H3. The van der Waals surface area contributed by atoms with Crippen molar-refractivity contribution < 1.29 is 9.53 Å². The van der Waals surface area contributed by atoms with Gasteiger partial charge in [-0.15, -0.1) is 0 Å². The third-order valence-electron chi connectivity index (χ3n) is 2.77. The summed E-state index contributed by atoms with van der Waals surface area (Å²) in [7, 11) is 1.48. The predicted octanol–water partition coefficient (Wildman–Crippen LogP) is 1.67. The van der Waals surface area contributed by atoms with Crippen molar-refractivity contribution in [2.45, 2.75) is 32.2 Å². The van der Waals surface area contributed by atoms with Gasteiger partial charge in [-0.3, -0.25) is 4.79 Å². The number of nitrogens with one attached hydrogen (secondary N) is 1. The zero-order valence-electron chi connectivity index (χ0n) is 9.84. The molecule has 1 fully saturated rings. The largest absolute Gasteiger partial charge is 0.468 e. The van der Waals surface area contributed by atoms with Gasteiger partial charge in [0.2, 0.25) is 0 Å². The maximum Gasteiger partial charge on any atom is 0.326 e. The lowest BCUT2D eigenvalue weighted by Gasteiger charge is -2.35. The van der Waals surface area contributed by atoms with Crippen LogP contribution in [0.4, 0.5) is 0 Å². The highest BCUT2D eigenvalue weighted by Gasteiger charge is 2.40. The topological polar surface area (TPSA) is 38.3 Å². The molecule has 1 aliphatic heterocycles. The molecule has 0 aromatic heterocycles. The third-order valence-corrected chi connectivity index (χ3v) is 3.76. The smallest absolute Gasteiger partial charge is 0.326 e. The number of ether oxygens (including phenoxy) is 1. The Morgan fingerprint density at radius 2 is 2.07 bits per heavy atom. The Labute approximate surface area is 96.3 Å². The molecule has 0 bridgehead atoms. The lowest BCUT2D eigenvalue weighted by molar-refractivity contribution is -0.149. The van der Waals surface area contributed by atoms with Crippen LogP contribution in [0.2, 0.25) is 0 Å². The number of hydrogen-bond donors (Lipinski definition) is 1. The first-order valence-electron chi connectivity index (χ1n) is 5.52. The second-order valence-electron chi connectivity index (χ2n) is 4.46. The lowest BCUT2D eigenvalue weighted by atomic mass is 9.91. The summed E-state index contributed by atoms with van der Waals surface area (Å²) in [5.41, 5.74) is -0.412. The SMILES string of the molecule is COC(=O)C1(NCC(C)C)CCSCC1. The van der Waals surface area contributed by atoms with Crippen LogP contribution in [0.25, 0.3) is 0 Å². The molecule has 1 saturated heterocycles. The van der Waals surface area contributed by atoms with Gasteiger partial charge in [0.1, 0.15) is 5.54 Å². The molecule has 3 nitrogen and oxygen atoms in total. The van der Waals surface area contributed by atoms with E-state index in [0.29, 0.717) is 5.92 Å². The van der Waals surface area contributed by atoms with Crippen molar-refractivity contribution in [3.63, 3.8) is 0 Å². The van der Waals surface area contributed by atoms with E-state index in [4.69, 9.17) is 4.74 Å². The van der Waals surface area contributed by atoms with Gasteiger partial charge < -0.3 is 10.1 Å². The van der Waals surface area contributed by atoms with Crippen molar-refractivity contribution in [2.24, 2.45) is 5.92 Å². The van der Waals surface area contributed by atoms with Crippen LogP contribution in [-0.2, 0) is 9.53 Å². The van der Waals surface area contributed by atoms with Crippen LogP contribution in [-0.4, -0.2) is 36.7 Å². The van der Waals surface area contributed by atoms with E-state index in [2.05, 4.69) is 19.2 Å². The summed E-state index contributed by atoms with van der Waals surface area (Å²) in [6.07, 6.45) is 1.77. The molecule has 0 unspecified atom stereocenters. The lowest BCUT2D eigenvalue weighted by Crippen LogP contribution is -2.55. The Morgan fingerprint density at radius 1 is 1.47 bits per heavy atom. The van der Waals surface area contributed by atoms with Crippen LogP contribution >= 0.6 is 11.8 Å². The van der Waals surface area contributed by atoms with Crippen LogP contribution in [0.1, 0.15) is 26.7 Å². The van der Waals surface area contributed by atoms with Gasteiger partial charge in [0.05, 0.1) is 7.11 Å². The van der Waals surface area contributed by atoms with Crippen LogP contribution in [0.15, 0.2) is 0 Å². The Balaban J connectivity index is 2.62. The summed E-state index contributed by atoms with van der Waals surface area (Å²) >= 11 is 1.91. The molecule has 1 rings (SSSR count). The van der Waals surface area contributed by atoms with E-state index in [1.54, 1.807) is 0 Å². The van der Waals surface area contributed by atoms with Gasteiger partial charge >= 0.3 is 5.97 Å². The molecule has 0 saturated carbocycles. The number of thioether (sulfide) groups is 1. The van der Waals surface area contributed by atoms with Crippen molar-refractivity contribution in [3.8, 4) is 0 Å². The third kappa shape index (κ3) is 3.38. The minimum absolute atomic E-state index is 0.0940. The van der Waals surface area contributed by atoms with Gasteiger partial charge in [-0.05, 0) is 36.8 Å². The Bertz CT molecular complexity index is 213. The van der Waals surface area contributed by atoms with E-state index in [1.807, 2.05) is 11.8 Å². The average Bonchev–Trinajstić information content (AvgIpc) is 2.26. The molecule has 1 heterocycles. The van der Waals surface area contributed by atoms with E-state index in [9.17, 15) is 4.79 Å². The number of esters is 1. The minimum Gasteiger partial charge on any atom is -0.468 e. The van der Waals surface area contributed by atoms with Crippen LogP contribution < -0.4 is 5.32 Å². The summed E-state index contributed by atoms with van der Waals surface area (Å²) in [5.74, 6) is 2.55. The molecule has 88 valence electrons. The maximum atomic E-state index is 11.8. The number of carbonyl (C=O) groups excluding carboxylic acids is 1. The predicted molar refractivity (Wildman–Crippen MR) is 64.1 cm³/mol. The van der Waals surface area contributed by atoms with E-state index < -0.39 is 5.54 Å². The molecule has 0 amide bonds. The molecule has 1 aliphatic rings. The molecule has 0 aromatic carbocycles. The minimum atomic E-state index is -0.412. The van der Waals surface area contributed by atoms with Crippen molar-refractivity contribution in [3.05, 3.63) is 0 Å². The van der Waals surface area contributed by atoms with Crippen molar-refractivity contribution in [2.75, 3.05) is 25.2 Å². The van der Waals surface area contributed by atoms with Crippen molar-refractivity contribution >= 4 is 17.7 Å². The zero-order valence-corrected chi connectivity index (χ0v) is 10.7. The van der Waals surface area contributed by atoms with Crippen LogP contribution in [0.5, 0.6) is 0 Å². The summed E-state index contributed by atoms with van der Waals surface area (Å²) < 4.78 is 4.91. The Morgan fingerprint density at radius 3 is 2.53 bits per heavy atom. The summed E-state index contributed by atoms with van der Waals surface area (Å²) in [5, 5.41) is 3.40. The maximum absolute atomic E-state index is 11.8. The number of hydrogen-bond acceptors (Lipinski definition) is 4. The fourth-order valence-electron chi connectivity index (χ4n) is 1.77. The summed E-state index contributed by atoms with van der Waals surface area (Å²) in [6.45, 7) is 5.17. The fourth-order valence-corrected chi connectivity index (χ4v) is 2.96. The van der Waals surface area contributed by atoms with E-state index >= 15 is 0 Å². The highest BCUT2D eigenvalue weighted by Crippen LogP contribution is 2.28. The number of rotatable bonds is 4. The van der Waals surface area contributed by atoms with E-state index in [-0.39, 0.29) is 5.97 Å². The molecule has 0 spiro atoms. The summed E-state index contributed by atoms with van der Waals surface area (Å²) in [4.78, 5) is 11.8. The first kappa shape index (κ1) is 12.8. The average molecular weight is 231 g/mol. The molecule has 0 aromatic rings. The van der Waals surface area contributed by atoms with Gasteiger partial charge in [-0.1, -0.05) is 13.8 Å². The van der Waals surface area contributed by atoms with Crippen molar-refractivity contribution in [1.82, 2.24) is 5.32 Å². The van der Waals surface area contributed by atoms with Crippen molar-refractivity contribution in [1.29, 1.82) is 0 Å². The van der Waals surface area contributed by atoms with Gasteiger partial charge in [0.15, 0.2) is 0 Å². The molecule has 4 heteroatoms. The highest BCUT2D eigenvalue weighted by molar-refractivity contribution is 7.99. The molecule has 15 heavy (non-hydrogen) atoms. The van der Waals surface area contributed by atoms with E-state index in [0.717, 1.165) is 30.9 Å². The second kappa shape index (κ2) is 5.75. The molecule has 0 radical (unpaired) electrons. The summed E-state index contributed by atoms with van der Waals surface area (Å²) in [6, 6.07) is 0. The quantitative estimate of drug-likeness (QED) is 0.747. The van der Waals surface area contributed by atoms with Gasteiger partial charge in [-0.2, -0.15) is 11.8 Å². The first-order chi connectivity index (χ1) is 7.10. The Kier molecular flexibility index (Phi) is 4.93. The first-order valence-corrected chi connectivity index (χ1v) is 6.67. The Hall–Kier alpha value is -0.220. The fraction of sp³-hybridized carbons (Fsp3) is 0.909. The molecular formula is C11H21NO2S. The number of methoxy groups -OCH3 is 1.